The highest BCUT2D eigenvalue weighted by atomic mass is 16.5. The monoisotopic (exact) mass is 395 g/mol. The van der Waals surface area contributed by atoms with Gasteiger partial charge in [-0.25, -0.2) is 4.98 Å². The van der Waals surface area contributed by atoms with E-state index < -0.39 is 0 Å². The van der Waals surface area contributed by atoms with E-state index in [9.17, 15) is 4.79 Å². The first-order chi connectivity index (χ1) is 14.2. The highest BCUT2D eigenvalue weighted by molar-refractivity contribution is 5.93. The molecule has 0 atom stereocenters. The Balaban J connectivity index is 1.36. The molecule has 1 aromatic carbocycles. The smallest absolute Gasteiger partial charge is 0.252 e. The standard InChI is InChI=1S/C23H29N3O3/c1-28-14-11-24-23(27)19-6-8-22(25-16-19)29-21-7-5-17-9-12-26(20-3-2-4-20)13-10-18(17)15-21/h5-8,15-16,20H,2-4,9-14H2,1H3,(H,24,27). The number of amides is 1. The van der Waals surface area contributed by atoms with Crippen molar-refractivity contribution in [2.45, 2.75) is 38.1 Å². The van der Waals surface area contributed by atoms with Crippen molar-refractivity contribution in [1.29, 1.82) is 0 Å². The Morgan fingerprint density at radius 3 is 2.69 bits per heavy atom. The number of pyridine rings is 1. The first-order valence-corrected chi connectivity index (χ1v) is 10.5. The van der Waals surface area contributed by atoms with Gasteiger partial charge >= 0.3 is 0 Å². The van der Waals surface area contributed by atoms with Gasteiger partial charge in [-0.2, -0.15) is 0 Å². The van der Waals surface area contributed by atoms with E-state index in [2.05, 4.69) is 27.3 Å². The molecule has 1 aromatic heterocycles. The van der Waals surface area contributed by atoms with Gasteiger partial charge in [-0.3, -0.25) is 9.69 Å². The molecule has 1 aliphatic carbocycles. The zero-order chi connectivity index (χ0) is 20.1. The molecule has 2 aromatic rings. The van der Waals surface area contributed by atoms with Gasteiger partial charge in [-0.1, -0.05) is 12.5 Å². The maximum absolute atomic E-state index is 12.0. The van der Waals surface area contributed by atoms with Crippen LogP contribution in [0.4, 0.5) is 0 Å². The Labute approximate surface area is 172 Å². The van der Waals surface area contributed by atoms with Crippen LogP contribution < -0.4 is 10.1 Å². The lowest BCUT2D eigenvalue weighted by atomic mass is 9.91. The number of ether oxygens (including phenoxy) is 2. The van der Waals surface area contributed by atoms with Crippen LogP contribution in [0.3, 0.4) is 0 Å². The SMILES string of the molecule is COCCNC(=O)c1ccc(Oc2ccc3c(c2)CCN(C2CCC2)CC3)nc1. The van der Waals surface area contributed by atoms with Gasteiger partial charge in [-0.05, 0) is 55.0 Å². The van der Waals surface area contributed by atoms with Crippen LogP contribution in [0.25, 0.3) is 0 Å². The van der Waals surface area contributed by atoms with Gasteiger partial charge in [-0.15, -0.1) is 0 Å². The summed E-state index contributed by atoms with van der Waals surface area (Å²) in [6.45, 7) is 3.25. The lowest BCUT2D eigenvalue weighted by molar-refractivity contribution is 0.0936. The summed E-state index contributed by atoms with van der Waals surface area (Å²) in [4.78, 5) is 19.0. The summed E-state index contributed by atoms with van der Waals surface area (Å²) in [5, 5.41) is 2.78. The second-order valence-corrected chi connectivity index (χ2v) is 7.79. The molecule has 1 amide bonds. The summed E-state index contributed by atoms with van der Waals surface area (Å²) >= 11 is 0. The van der Waals surface area contributed by atoms with E-state index in [0.29, 0.717) is 24.6 Å². The Bertz CT molecular complexity index is 834. The Kier molecular flexibility index (Phi) is 6.42. The summed E-state index contributed by atoms with van der Waals surface area (Å²) < 4.78 is 10.9. The molecular weight excluding hydrogens is 366 g/mol. The predicted octanol–water partition coefficient (Wildman–Crippen LogP) is 3.20. The second kappa shape index (κ2) is 9.37. The van der Waals surface area contributed by atoms with E-state index in [1.807, 2.05) is 6.07 Å². The van der Waals surface area contributed by atoms with E-state index in [1.165, 1.54) is 36.6 Å². The number of nitrogens with one attached hydrogen (secondary N) is 1. The zero-order valence-corrected chi connectivity index (χ0v) is 17.0. The fourth-order valence-corrected chi connectivity index (χ4v) is 3.96. The van der Waals surface area contributed by atoms with E-state index in [0.717, 1.165) is 37.7 Å². The van der Waals surface area contributed by atoms with Crippen molar-refractivity contribution in [2.75, 3.05) is 33.4 Å². The largest absolute Gasteiger partial charge is 0.439 e. The zero-order valence-electron chi connectivity index (χ0n) is 17.0. The van der Waals surface area contributed by atoms with Gasteiger partial charge in [0, 0.05) is 45.0 Å². The summed E-state index contributed by atoms with van der Waals surface area (Å²) in [7, 11) is 1.60. The Hall–Kier alpha value is -2.44. The minimum atomic E-state index is -0.165. The molecular formula is C23H29N3O3. The number of methoxy groups -OCH3 is 1. The van der Waals surface area contributed by atoms with E-state index in [-0.39, 0.29) is 5.91 Å². The number of carbonyl (C=O) groups is 1. The fraction of sp³-hybridized carbons (Fsp3) is 0.478. The number of fused-ring (bicyclic) bond motifs is 1. The summed E-state index contributed by atoms with van der Waals surface area (Å²) in [6, 6.07) is 10.6. The third-order valence-electron chi connectivity index (χ3n) is 5.92. The van der Waals surface area contributed by atoms with Crippen molar-refractivity contribution in [3.05, 3.63) is 53.2 Å². The molecule has 1 fully saturated rings. The number of rotatable bonds is 7. The molecule has 0 radical (unpaired) electrons. The third-order valence-corrected chi connectivity index (χ3v) is 5.92. The molecule has 6 heteroatoms. The van der Waals surface area contributed by atoms with Crippen molar-refractivity contribution in [3.63, 3.8) is 0 Å². The molecule has 29 heavy (non-hydrogen) atoms. The van der Waals surface area contributed by atoms with Crippen LogP contribution in [-0.4, -0.2) is 55.2 Å². The topological polar surface area (TPSA) is 63.7 Å². The van der Waals surface area contributed by atoms with Crippen molar-refractivity contribution >= 4 is 5.91 Å². The third kappa shape index (κ3) is 4.95. The van der Waals surface area contributed by atoms with Crippen LogP contribution >= 0.6 is 0 Å². The molecule has 0 unspecified atom stereocenters. The maximum atomic E-state index is 12.0. The number of benzene rings is 1. The van der Waals surface area contributed by atoms with Gasteiger partial charge in [0.25, 0.3) is 5.91 Å². The minimum absolute atomic E-state index is 0.165. The average molecular weight is 396 g/mol. The van der Waals surface area contributed by atoms with E-state index in [4.69, 9.17) is 9.47 Å². The van der Waals surface area contributed by atoms with Crippen LogP contribution in [0.5, 0.6) is 11.6 Å². The van der Waals surface area contributed by atoms with Crippen LogP contribution in [0.2, 0.25) is 0 Å². The first kappa shape index (κ1) is 19.9. The highest BCUT2D eigenvalue weighted by Crippen LogP contribution is 2.29. The molecule has 0 saturated heterocycles. The van der Waals surface area contributed by atoms with Crippen molar-refractivity contribution in [1.82, 2.24) is 15.2 Å². The maximum Gasteiger partial charge on any atom is 0.252 e. The van der Waals surface area contributed by atoms with Crippen molar-refractivity contribution in [2.24, 2.45) is 0 Å². The predicted molar refractivity (Wildman–Crippen MR) is 112 cm³/mol. The number of nitrogens with zero attached hydrogens (tertiary/aromatic N) is 2. The lowest BCUT2D eigenvalue weighted by Gasteiger charge is -2.36. The Morgan fingerprint density at radius 1 is 1.17 bits per heavy atom. The van der Waals surface area contributed by atoms with Gasteiger partial charge in [0.2, 0.25) is 5.88 Å². The number of hydrogen-bond acceptors (Lipinski definition) is 5. The van der Waals surface area contributed by atoms with Crippen LogP contribution in [0.15, 0.2) is 36.5 Å². The van der Waals surface area contributed by atoms with Crippen molar-refractivity contribution < 1.29 is 14.3 Å². The molecule has 154 valence electrons. The van der Waals surface area contributed by atoms with Gasteiger partial charge < -0.3 is 14.8 Å². The summed E-state index contributed by atoms with van der Waals surface area (Å²) in [5.41, 5.74) is 3.31. The van der Waals surface area contributed by atoms with Gasteiger partial charge in [0.05, 0.1) is 12.2 Å². The molecule has 0 bridgehead atoms. The first-order valence-electron chi connectivity index (χ1n) is 10.5. The molecule has 6 nitrogen and oxygen atoms in total. The number of carbonyl (C=O) groups excluding carboxylic acids is 1. The normalized spacial score (nSPS) is 17.1. The second-order valence-electron chi connectivity index (χ2n) is 7.79. The molecule has 0 spiro atoms. The molecule has 4 rings (SSSR count). The van der Waals surface area contributed by atoms with E-state index in [1.54, 1.807) is 19.2 Å². The van der Waals surface area contributed by atoms with Crippen LogP contribution in [-0.2, 0) is 17.6 Å². The quantitative estimate of drug-likeness (QED) is 0.730. The summed E-state index contributed by atoms with van der Waals surface area (Å²) in [5.74, 6) is 1.12. The van der Waals surface area contributed by atoms with Crippen LogP contribution in [0.1, 0.15) is 40.7 Å². The molecule has 1 N–H and O–H groups in total. The lowest BCUT2D eigenvalue weighted by Crippen LogP contribution is -2.41. The fourth-order valence-electron chi connectivity index (χ4n) is 3.96. The van der Waals surface area contributed by atoms with E-state index >= 15 is 0 Å². The Morgan fingerprint density at radius 2 is 2.00 bits per heavy atom. The van der Waals surface area contributed by atoms with Gasteiger partial charge in [0.15, 0.2) is 0 Å². The summed E-state index contributed by atoms with van der Waals surface area (Å²) in [6.07, 6.45) is 7.81. The molecule has 2 heterocycles. The highest BCUT2D eigenvalue weighted by Gasteiger charge is 2.26. The molecule has 2 aliphatic rings. The molecule has 1 saturated carbocycles. The van der Waals surface area contributed by atoms with Gasteiger partial charge in [0.1, 0.15) is 5.75 Å². The minimum Gasteiger partial charge on any atom is -0.439 e. The number of hydrogen-bond donors (Lipinski definition) is 1. The number of aromatic nitrogens is 1. The average Bonchev–Trinajstić information content (AvgIpc) is 2.90. The molecule has 1 aliphatic heterocycles. The van der Waals surface area contributed by atoms with Crippen molar-refractivity contribution in [3.8, 4) is 11.6 Å². The van der Waals surface area contributed by atoms with Crippen LogP contribution in [0, 0.1) is 0 Å².